The maximum atomic E-state index is 12.9. The molecule has 0 rings (SSSR count). The van der Waals surface area contributed by atoms with E-state index in [-0.39, 0.29) is 31.1 Å². The minimum Gasteiger partial charge on any atom is -0.462 e. The molecule has 6 nitrogen and oxygen atoms in total. The summed E-state index contributed by atoms with van der Waals surface area (Å²) in [7, 11) is 0. The van der Waals surface area contributed by atoms with Gasteiger partial charge in [0.05, 0.1) is 0 Å². The fourth-order valence-corrected chi connectivity index (χ4v) is 9.71. The summed E-state index contributed by atoms with van der Waals surface area (Å²) in [6, 6.07) is 0. The number of ether oxygens (including phenoxy) is 3. The molecule has 6 heteroatoms. The van der Waals surface area contributed by atoms with Crippen molar-refractivity contribution < 1.29 is 28.6 Å². The van der Waals surface area contributed by atoms with Gasteiger partial charge in [0.25, 0.3) is 0 Å². The van der Waals surface area contributed by atoms with Crippen LogP contribution in [0, 0.1) is 0 Å². The van der Waals surface area contributed by atoms with Gasteiger partial charge < -0.3 is 14.2 Å². The Morgan fingerprint density at radius 1 is 0.274 bits per heavy atom. The summed E-state index contributed by atoms with van der Waals surface area (Å²) >= 11 is 0. The molecule has 0 aliphatic carbocycles. The van der Waals surface area contributed by atoms with E-state index in [1.807, 2.05) is 0 Å². The van der Waals surface area contributed by atoms with Crippen molar-refractivity contribution in [3.8, 4) is 0 Å². The van der Waals surface area contributed by atoms with Gasteiger partial charge in [-0.2, -0.15) is 0 Å². The molecule has 0 bridgehead atoms. The van der Waals surface area contributed by atoms with Gasteiger partial charge in [-0.15, -0.1) is 0 Å². The summed E-state index contributed by atoms with van der Waals surface area (Å²) in [6.45, 7) is 6.66. The van der Waals surface area contributed by atoms with Crippen LogP contribution in [0.5, 0.6) is 0 Å². The summed E-state index contributed by atoms with van der Waals surface area (Å²) in [4.78, 5) is 38.3. The molecule has 0 aliphatic rings. The van der Waals surface area contributed by atoms with Crippen LogP contribution in [0.4, 0.5) is 0 Å². The summed E-state index contributed by atoms with van der Waals surface area (Å²) in [5, 5.41) is 0. The van der Waals surface area contributed by atoms with E-state index in [1.165, 1.54) is 244 Å². The Labute approximate surface area is 455 Å². The Kier molecular flexibility index (Phi) is 60.2. The molecule has 0 heterocycles. The molecule has 0 saturated carbocycles. The number of hydrogen-bond acceptors (Lipinski definition) is 6. The number of carbonyl (C=O) groups excluding carboxylic acids is 3. The second-order valence-electron chi connectivity index (χ2n) is 22.0. The van der Waals surface area contributed by atoms with Gasteiger partial charge in [0.15, 0.2) is 6.10 Å². The van der Waals surface area contributed by atoms with Gasteiger partial charge >= 0.3 is 17.9 Å². The average molecular weight is 1030 g/mol. The van der Waals surface area contributed by atoms with Crippen molar-refractivity contribution in [1.82, 2.24) is 0 Å². The Morgan fingerprint density at radius 2 is 0.493 bits per heavy atom. The van der Waals surface area contributed by atoms with Crippen molar-refractivity contribution in [2.75, 3.05) is 13.2 Å². The highest BCUT2D eigenvalue weighted by Gasteiger charge is 2.19. The van der Waals surface area contributed by atoms with Crippen molar-refractivity contribution in [2.45, 2.75) is 361 Å². The fourth-order valence-electron chi connectivity index (χ4n) is 9.71. The Balaban J connectivity index is 4.23. The lowest BCUT2D eigenvalue weighted by Gasteiger charge is -2.18. The topological polar surface area (TPSA) is 78.9 Å². The molecule has 0 saturated heterocycles. The van der Waals surface area contributed by atoms with Gasteiger partial charge in [-0.25, -0.2) is 0 Å². The molecule has 0 aromatic rings. The van der Waals surface area contributed by atoms with Crippen molar-refractivity contribution in [1.29, 1.82) is 0 Å². The largest absolute Gasteiger partial charge is 0.462 e. The molecule has 0 amide bonds. The minimum atomic E-state index is -0.773. The first-order chi connectivity index (χ1) is 36.0. The summed E-state index contributed by atoms with van der Waals surface area (Å²) < 4.78 is 16.9. The molecule has 0 N–H and O–H groups in total. The second-order valence-corrected chi connectivity index (χ2v) is 22.0. The van der Waals surface area contributed by atoms with E-state index in [0.29, 0.717) is 19.3 Å². The number of allylic oxidation sites excluding steroid dienone is 6. The van der Waals surface area contributed by atoms with Gasteiger partial charge in [0, 0.05) is 19.3 Å². The molecular weight excluding hydrogens is 901 g/mol. The van der Waals surface area contributed by atoms with E-state index in [2.05, 4.69) is 57.2 Å². The van der Waals surface area contributed by atoms with E-state index in [1.54, 1.807) is 0 Å². The predicted octanol–water partition coefficient (Wildman–Crippen LogP) is 22.0. The van der Waals surface area contributed by atoms with Crippen molar-refractivity contribution in [2.24, 2.45) is 0 Å². The monoisotopic (exact) mass is 1020 g/mol. The molecule has 0 aromatic heterocycles. The van der Waals surface area contributed by atoms with Crippen molar-refractivity contribution >= 4 is 17.9 Å². The summed E-state index contributed by atoms with van der Waals surface area (Å²) in [5.41, 5.74) is 0. The number of carbonyl (C=O) groups is 3. The molecule has 1 unspecified atom stereocenters. The number of hydrogen-bond donors (Lipinski definition) is 0. The summed E-state index contributed by atoms with van der Waals surface area (Å²) in [6.07, 6.45) is 75.8. The first-order valence-corrected chi connectivity index (χ1v) is 32.5. The predicted molar refractivity (Wildman–Crippen MR) is 316 cm³/mol. The Morgan fingerprint density at radius 3 is 0.795 bits per heavy atom. The normalized spacial score (nSPS) is 12.2. The van der Waals surface area contributed by atoms with Crippen LogP contribution in [0.2, 0.25) is 0 Å². The van der Waals surface area contributed by atoms with Crippen LogP contribution in [0.3, 0.4) is 0 Å². The zero-order chi connectivity index (χ0) is 52.9. The first kappa shape index (κ1) is 70.6. The SMILES string of the molecule is CCCCC/C=C\CCCCCCCC(=O)OCC(COC(=O)CCCCCCCCCCCCCCC/C=C\C/C=C\CCCCCCC)OC(=O)CCCCCCCCCCCCCCCCCCCC. The lowest BCUT2D eigenvalue weighted by molar-refractivity contribution is -0.167. The van der Waals surface area contributed by atoms with E-state index in [9.17, 15) is 14.4 Å². The standard InChI is InChI=1S/C67H124O6/c1-4-7-10-13-16-19-22-25-27-29-31-32-33-34-35-36-37-39-40-42-45-48-51-54-57-60-66(69)72-63-64(62-71-65(68)59-56-53-50-47-44-24-21-18-15-12-9-6-3)73-67(70)61-58-55-52-49-46-43-41-38-30-28-26-23-20-17-14-11-8-5-2/h18,21-22,25,29,31,64H,4-17,19-20,23-24,26-28,30,32-63H2,1-3H3/b21-18-,25-22-,31-29-. The second kappa shape index (κ2) is 62.2. The lowest BCUT2D eigenvalue weighted by atomic mass is 10.0. The third kappa shape index (κ3) is 60.4. The zero-order valence-corrected chi connectivity index (χ0v) is 49.2. The Bertz CT molecular complexity index is 1220. The van der Waals surface area contributed by atoms with Crippen LogP contribution >= 0.6 is 0 Å². The number of unbranched alkanes of at least 4 members (excludes halogenated alkanes) is 43. The molecule has 73 heavy (non-hydrogen) atoms. The quantitative estimate of drug-likeness (QED) is 0.0261. The molecular formula is C67H124O6. The average Bonchev–Trinajstić information content (AvgIpc) is 3.39. The Hall–Kier alpha value is -2.37. The highest BCUT2D eigenvalue weighted by Crippen LogP contribution is 2.18. The molecule has 1 atom stereocenters. The van der Waals surface area contributed by atoms with Crippen LogP contribution in [-0.2, 0) is 28.6 Å². The lowest BCUT2D eigenvalue weighted by Crippen LogP contribution is -2.30. The van der Waals surface area contributed by atoms with Crippen molar-refractivity contribution in [3.63, 3.8) is 0 Å². The molecule has 0 radical (unpaired) electrons. The number of esters is 3. The van der Waals surface area contributed by atoms with Gasteiger partial charge in [0.2, 0.25) is 0 Å². The highest BCUT2D eigenvalue weighted by atomic mass is 16.6. The van der Waals surface area contributed by atoms with E-state index >= 15 is 0 Å². The van der Waals surface area contributed by atoms with Crippen LogP contribution < -0.4 is 0 Å². The fraction of sp³-hybridized carbons (Fsp3) is 0.866. The molecule has 0 spiro atoms. The van der Waals surface area contributed by atoms with Crippen LogP contribution in [0.1, 0.15) is 355 Å². The van der Waals surface area contributed by atoms with Gasteiger partial charge in [-0.1, -0.05) is 295 Å². The van der Waals surface area contributed by atoms with Crippen LogP contribution in [0.25, 0.3) is 0 Å². The highest BCUT2D eigenvalue weighted by molar-refractivity contribution is 5.71. The molecule has 0 aliphatic heterocycles. The summed E-state index contributed by atoms with van der Waals surface area (Å²) in [5.74, 6) is -0.857. The number of rotatable bonds is 60. The third-order valence-electron chi connectivity index (χ3n) is 14.6. The maximum absolute atomic E-state index is 12.9. The van der Waals surface area contributed by atoms with E-state index in [4.69, 9.17) is 14.2 Å². The van der Waals surface area contributed by atoms with Gasteiger partial charge in [-0.3, -0.25) is 14.4 Å². The van der Waals surface area contributed by atoms with Gasteiger partial charge in [-0.05, 0) is 77.0 Å². The minimum absolute atomic E-state index is 0.0706. The smallest absolute Gasteiger partial charge is 0.306 e. The van der Waals surface area contributed by atoms with Crippen LogP contribution in [-0.4, -0.2) is 37.2 Å². The first-order valence-electron chi connectivity index (χ1n) is 32.5. The molecule has 428 valence electrons. The van der Waals surface area contributed by atoms with Crippen LogP contribution in [0.15, 0.2) is 36.5 Å². The van der Waals surface area contributed by atoms with Crippen molar-refractivity contribution in [3.05, 3.63) is 36.5 Å². The maximum Gasteiger partial charge on any atom is 0.306 e. The molecule has 0 fully saturated rings. The van der Waals surface area contributed by atoms with E-state index < -0.39 is 6.10 Å². The third-order valence-corrected chi connectivity index (χ3v) is 14.6. The zero-order valence-electron chi connectivity index (χ0n) is 49.2. The van der Waals surface area contributed by atoms with E-state index in [0.717, 1.165) is 70.6 Å². The molecule has 0 aromatic carbocycles. The van der Waals surface area contributed by atoms with Gasteiger partial charge in [0.1, 0.15) is 13.2 Å².